The maximum absolute atomic E-state index is 13.0. The zero-order valence-electron chi connectivity index (χ0n) is 13.4. The Balaban J connectivity index is 2.12. The number of rotatable bonds is 3. The van der Waals surface area contributed by atoms with Crippen LogP contribution in [0.2, 0.25) is 0 Å². The molecule has 2 heterocycles. The van der Waals surface area contributed by atoms with E-state index < -0.39 is 35.8 Å². The van der Waals surface area contributed by atoms with E-state index in [0.29, 0.717) is 6.07 Å². The van der Waals surface area contributed by atoms with Crippen molar-refractivity contribution in [2.75, 3.05) is 11.4 Å². The molecule has 0 bridgehead atoms. The molecular weight excluding hydrogens is 369 g/mol. The molecule has 27 heavy (non-hydrogen) atoms. The Morgan fingerprint density at radius 3 is 2.81 bits per heavy atom. The van der Waals surface area contributed by atoms with E-state index in [1.54, 1.807) is 5.10 Å². The number of nitrogens with zero attached hydrogens (tertiary/aromatic N) is 3. The minimum absolute atomic E-state index is 0.134. The topological polar surface area (TPSA) is 119 Å². The molecule has 1 aliphatic heterocycles. The number of carbonyl (C=O) groups is 1. The Hall–Kier alpha value is -3.55. The molecule has 1 unspecified atom stereocenters. The number of benzene rings is 1. The van der Waals surface area contributed by atoms with Crippen LogP contribution in [0, 0.1) is 11.3 Å². The van der Waals surface area contributed by atoms with Crippen LogP contribution in [0.5, 0.6) is 5.75 Å². The summed E-state index contributed by atoms with van der Waals surface area (Å²) in [5.74, 6) is -1.22. The first-order valence-electron chi connectivity index (χ1n) is 7.56. The number of hydrogen-bond donors (Lipinski definition) is 2. The predicted molar refractivity (Wildman–Crippen MR) is 84.7 cm³/mol. The van der Waals surface area contributed by atoms with Crippen LogP contribution in [0.15, 0.2) is 29.1 Å². The van der Waals surface area contributed by atoms with Crippen molar-refractivity contribution in [3.05, 3.63) is 45.7 Å². The van der Waals surface area contributed by atoms with Crippen LogP contribution in [0.1, 0.15) is 17.5 Å². The quantitative estimate of drug-likeness (QED) is 0.836. The SMILES string of the molecule is N#Cc1ccc2c(c1)N(c1cc(C(F)(F)F)c(=O)[nH]n1)CC(CC(=O)O)O2. The van der Waals surface area contributed by atoms with Gasteiger partial charge in [-0.3, -0.25) is 9.59 Å². The molecule has 2 N–H and O–H groups in total. The Kier molecular flexibility index (Phi) is 4.49. The Bertz CT molecular complexity index is 996. The molecule has 0 aliphatic carbocycles. The van der Waals surface area contributed by atoms with E-state index in [0.717, 1.165) is 0 Å². The maximum Gasteiger partial charge on any atom is 0.421 e. The van der Waals surface area contributed by atoms with Gasteiger partial charge in [0.05, 0.1) is 30.3 Å². The lowest BCUT2D eigenvalue weighted by atomic mass is 10.1. The molecule has 1 aromatic heterocycles. The van der Waals surface area contributed by atoms with E-state index in [4.69, 9.17) is 15.1 Å². The number of alkyl halides is 3. The van der Waals surface area contributed by atoms with Crippen molar-refractivity contribution in [2.24, 2.45) is 0 Å². The van der Waals surface area contributed by atoms with Crippen LogP contribution in [-0.4, -0.2) is 33.9 Å². The van der Waals surface area contributed by atoms with Crippen molar-refractivity contribution in [1.82, 2.24) is 10.2 Å². The van der Waals surface area contributed by atoms with Gasteiger partial charge in [0.1, 0.15) is 17.4 Å². The van der Waals surface area contributed by atoms with Gasteiger partial charge in [0.2, 0.25) is 0 Å². The molecule has 0 saturated heterocycles. The number of nitrogens with one attached hydrogen (secondary N) is 1. The van der Waals surface area contributed by atoms with Gasteiger partial charge in [-0.15, -0.1) is 0 Å². The number of nitriles is 1. The molecule has 0 fully saturated rings. The Morgan fingerprint density at radius 2 is 2.19 bits per heavy atom. The summed E-state index contributed by atoms with van der Waals surface area (Å²) in [5, 5.41) is 23.5. The first-order valence-corrected chi connectivity index (χ1v) is 7.56. The zero-order chi connectivity index (χ0) is 19.8. The standard InChI is InChI=1S/C16H11F3N4O4/c17-16(18,19)10-5-13(21-22-15(10)26)23-7-9(4-14(24)25)27-12-2-1-8(6-20)3-11(12)23/h1-3,5,9H,4,7H2,(H,22,26)(H,24,25). The molecule has 1 aliphatic rings. The number of halogens is 3. The second-order valence-electron chi connectivity index (χ2n) is 5.71. The Labute approximate surface area is 149 Å². The number of H-pyrrole nitrogens is 1. The lowest BCUT2D eigenvalue weighted by molar-refractivity contribution is -0.139. The average molecular weight is 380 g/mol. The van der Waals surface area contributed by atoms with E-state index >= 15 is 0 Å². The average Bonchev–Trinajstić information content (AvgIpc) is 2.59. The third-order valence-corrected chi connectivity index (χ3v) is 3.83. The summed E-state index contributed by atoms with van der Waals surface area (Å²) in [5.41, 5.74) is -2.37. The normalized spacial score (nSPS) is 16.2. The van der Waals surface area contributed by atoms with Crippen LogP contribution >= 0.6 is 0 Å². The minimum atomic E-state index is -4.89. The molecule has 8 nitrogen and oxygen atoms in total. The van der Waals surface area contributed by atoms with Crippen molar-refractivity contribution in [2.45, 2.75) is 18.7 Å². The number of ether oxygens (including phenoxy) is 1. The van der Waals surface area contributed by atoms with Crippen molar-refractivity contribution in [1.29, 1.82) is 5.26 Å². The molecule has 1 atom stereocenters. The highest BCUT2D eigenvalue weighted by atomic mass is 19.4. The molecule has 0 radical (unpaired) electrons. The first kappa shape index (κ1) is 18.2. The summed E-state index contributed by atoms with van der Waals surface area (Å²) < 4.78 is 44.7. The van der Waals surface area contributed by atoms with Crippen molar-refractivity contribution >= 4 is 17.5 Å². The van der Waals surface area contributed by atoms with Gasteiger partial charge < -0.3 is 14.7 Å². The summed E-state index contributed by atoms with van der Waals surface area (Å²) in [4.78, 5) is 23.7. The molecule has 2 aromatic rings. The minimum Gasteiger partial charge on any atom is -0.486 e. The van der Waals surface area contributed by atoms with Gasteiger partial charge in [0.15, 0.2) is 5.82 Å². The van der Waals surface area contributed by atoms with Crippen LogP contribution in [-0.2, 0) is 11.0 Å². The Morgan fingerprint density at radius 1 is 1.44 bits per heavy atom. The molecule has 11 heteroatoms. The number of aliphatic carboxylic acids is 1. The van der Waals surface area contributed by atoms with Gasteiger partial charge in [-0.1, -0.05) is 0 Å². The zero-order valence-corrected chi connectivity index (χ0v) is 13.4. The van der Waals surface area contributed by atoms with Gasteiger partial charge in [0.25, 0.3) is 5.56 Å². The number of aromatic amines is 1. The monoisotopic (exact) mass is 380 g/mol. The number of hydrogen-bond acceptors (Lipinski definition) is 6. The number of carboxylic acids is 1. The van der Waals surface area contributed by atoms with Crippen molar-refractivity contribution < 1.29 is 27.8 Å². The molecule has 0 saturated carbocycles. The molecule has 0 amide bonds. The number of carboxylic acid groups (broad SMARTS) is 1. The second-order valence-corrected chi connectivity index (χ2v) is 5.71. The van der Waals surface area contributed by atoms with Gasteiger partial charge in [0, 0.05) is 6.07 Å². The van der Waals surface area contributed by atoms with Crippen LogP contribution in [0.25, 0.3) is 0 Å². The summed E-state index contributed by atoms with van der Waals surface area (Å²) in [6.07, 6.45) is -6.16. The van der Waals surface area contributed by atoms with E-state index in [9.17, 15) is 22.8 Å². The summed E-state index contributed by atoms with van der Waals surface area (Å²) in [6.45, 7) is -0.134. The highest BCUT2D eigenvalue weighted by Gasteiger charge is 2.36. The third-order valence-electron chi connectivity index (χ3n) is 3.83. The molecule has 1 aromatic carbocycles. The molecular formula is C16H11F3N4O4. The summed E-state index contributed by atoms with van der Waals surface area (Å²) >= 11 is 0. The van der Waals surface area contributed by atoms with Gasteiger partial charge >= 0.3 is 12.1 Å². The lowest BCUT2D eigenvalue weighted by Crippen LogP contribution is -2.39. The van der Waals surface area contributed by atoms with Crippen LogP contribution in [0.4, 0.5) is 24.7 Å². The van der Waals surface area contributed by atoms with Crippen LogP contribution < -0.4 is 15.2 Å². The molecule has 0 spiro atoms. The van der Waals surface area contributed by atoms with Gasteiger partial charge in [-0.2, -0.15) is 23.5 Å². The fraction of sp³-hybridized carbons (Fsp3) is 0.250. The smallest absolute Gasteiger partial charge is 0.421 e. The fourth-order valence-electron chi connectivity index (χ4n) is 2.68. The first-order chi connectivity index (χ1) is 12.7. The second kappa shape index (κ2) is 6.64. The number of aromatic nitrogens is 2. The van der Waals surface area contributed by atoms with E-state index in [-0.39, 0.29) is 29.4 Å². The predicted octanol–water partition coefficient (Wildman–Crippen LogP) is 2.03. The summed E-state index contributed by atoms with van der Waals surface area (Å²) in [7, 11) is 0. The van der Waals surface area contributed by atoms with Gasteiger partial charge in [-0.25, -0.2) is 5.10 Å². The van der Waals surface area contributed by atoms with Crippen molar-refractivity contribution in [3.63, 3.8) is 0 Å². The van der Waals surface area contributed by atoms with E-state index in [2.05, 4.69) is 5.10 Å². The van der Waals surface area contributed by atoms with Crippen LogP contribution in [0.3, 0.4) is 0 Å². The van der Waals surface area contributed by atoms with Gasteiger partial charge in [-0.05, 0) is 18.2 Å². The molecule has 3 rings (SSSR count). The highest BCUT2D eigenvalue weighted by molar-refractivity contribution is 5.72. The largest absolute Gasteiger partial charge is 0.486 e. The maximum atomic E-state index is 13.0. The third kappa shape index (κ3) is 3.69. The highest BCUT2D eigenvalue weighted by Crippen LogP contribution is 2.39. The summed E-state index contributed by atoms with van der Waals surface area (Å²) in [6, 6.07) is 6.71. The lowest BCUT2D eigenvalue weighted by Gasteiger charge is -2.35. The number of fused-ring (bicyclic) bond motifs is 1. The van der Waals surface area contributed by atoms with E-state index in [1.807, 2.05) is 6.07 Å². The fourth-order valence-corrected chi connectivity index (χ4v) is 2.68. The van der Waals surface area contributed by atoms with E-state index in [1.165, 1.54) is 23.1 Å². The molecule has 140 valence electrons. The number of anilines is 2. The van der Waals surface area contributed by atoms with Crippen molar-refractivity contribution in [3.8, 4) is 11.8 Å².